The smallest absolute Gasteiger partial charge is 0.230 e. The maximum absolute atomic E-state index is 12.9. The van der Waals surface area contributed by atoms with E-state index >= 15 is 0 Å². The van der Waals surface area contributed by atoms with E-state index in [4.69, 9.17) is 4.74 Å². The van der Waals surface area contributed by atoms with Crippen LogP contribution in [0.5, 0.6) is 0 Å². The first kappa shape index (κ1) is 15.5. The van der Waals surface area contributed by atoms with E-state index in [0.29, 0.717) is 19.8 Å². The molecule has 0 N–H and O–H groups in total. The SMILES string of the molecule is CC(C)C(C(=O)N1CCOCC1C)c1ccc(Br)cc1. The second-order valence-electron chi connectivity index (χ2n) is 5.73. The lowest BCUT2D eigenvalue weighted by molar-refractivity contribution is -0.141. The predicted octanol–water partition coefficient (Wildman–Crippen LogP) is 3.44. The molecule has 0 radical (unpaired) electrons. The number of nitrogens with zero attached hydrogens (tertiary/aromatic N) is 1. The van der Waals surface area contributed by atoms with Gasteiger partial charge in [0.25, 0.3) is 0 Å². The van der Waals surface area contributed by atoms with Gasteiger partial charge in [-0.25, -0.2) is 0 Å². The summed E-state index contributed by atoms with van der Waals surface area (Å²) in [6, 6.07) is 8.24. The third kappa shape index (κ3) is 3.41. The van der Waals surface area contributed by atoms with Gasteiger partial charge in [-0.05, 0) is 30.5 Å². The highest BCUT2D eigenvalue weighted by Gasteiger charge is 2.32. The molecule has 20 heavy (non-hydrogen) atoms. The summed E-state index contributed by atoms with van der Waals surface area (Å²) in [7, 11) is 0. The van der Waals surface area contributed by atoms with Gasteiger partial charge >= 0.3 is 0 Å². The summed E-state index contributed by atoms with van der Waals surface area (Å²) >= 11 is 3.44. The number of carbonyl (C=O) groups excluding carboxylic acids is 1. The van der Waals surface area contributed by atoms with Gasteiger partial charge in [-0.1, -0.05) is 41.9 Å². The average Bonchev–Trinajstić information content (AvgIpc) is 2.41. The standard InChI is InChI=1S/C16H22BrNO2/c1-11(2)15(13-4-6-14(17)7-5-13)16(19)18-8-9-20-10-12(18)3/h4-7,11-12,15H,8-10H2,1-3H3. The van der Waals surface area contributed by atoms with Crippen molar-refractivity contribution in [3.63, 3.8) is 0 Å². The molecule has 4 heteroatoms. The molecule has 2 rings (SSSR count). The number of ether oxygens (including phenoxy) is 1. The fourth-order valence-corrected chi connectivity index (χ4v) is 2.98. The van der Waals surface area contributed by atoms with Gasteiger partial charge in [-0.15, -0.1) is 0 Å². The van der Waals surface area contributed by atoms with E-state index < -0.39 is 0 Å². The zero-order valence-corrected chi connectivity index (χ0v) is 13.9. The Morgan fingerprint density at radius 2 is 2.00 bits per heavy atom. The second-order valence-corrected chi connectivity index (χ2v) is 6.64. The van der Waals surface area contributed by atoms with Crippen LogP contribution in [0.2, 0.25) is 0 Å². The molecule has 0 spiro atoms. The Labute approximate surface area is 129 Å². The minimum absolute atomic E-state index is 0.0800. The van der Waals surface area contributed by atoms with Crippen molar-refractivity contribution in [3.05, 3.63) is 34.3 Å². The molecule has 1 fully saturated rings. The molecule has 1 aliphatic heterocycles. The molecule has 1 aliphatic rings. The van der Waals surface area contributed by atoms with Crippen molar-refractivity contribution in [2.24, 2.45) is 5.92 Å². The Hall–Kier alpha value is -0.870. The third-order valence-electron chi connectivity index (χ3n) is 3.81. The molecule has 1 saturated heterocycles. The van der Waals surface area contributed by atoms with Gasteiger partial charge in [0.05, 0.1) is 25.2 Å². The van der Waals surface area contributed by atoms with Crippen molar-refractivity contribution in [2.75, 3.05) is 19.8 Å². The number of hydrogen-bond donors (Lipinski definition) is 0. The first-order valence-corrected chi connectivity index (χ1v) is 7.93. The molecule has 110 valence electrons. The number of benzene rings is 1. The molecule has 1 heterocycles. The summed E-state index contributed by atoms with van der Waals surface area (Å²) in [6.07, 6.45) is 0. The van der Waals surface area contributed by atoms with E-state index in [0.717, 1.165) is 10.0 Å². The van der Waals surface area contributed by atoms with Crippen molar-refractivity contribution < 1.29 is 9.53 Å². The molecule has 3 nitrogen and oxygen atoms in total. The minimum atomic E-state index is -0.0800. The van der Waals surface area contributed by atoms with Crippen molar-refractivity contribution >= 4 is 21.8 Å². The van der Waals surface area contributed by atoms with Crippen LogP contribution < -0.4 is 0 Å². The van der Waals surface area contributed by atoms with Crippen LogP contribution in [0.4, 0.5) is 0 Å². The van der Waals surface area contributed by atoms with Gasteiger partial charge in [-0.3, -0.25) is 4.79 Å². The predicted molar refractivity (Wildman–Crippen MR) is 83.7 cm³/mol. The number of amides is 1. The molecule has 0 aromatic heterocycles. The number of carbonyl (C=O) groups is 1. The maximum Gasteiger partial charge on any atom is 0.230 e. The Balaban J connectivity index is 2.23. The summed E-state index contributed by atoms with van der Waals surface area (Å²) < 4.78 is 6.46. The van der Waals surface area contributed by atoms with E-state index in [9.17, 15) is 4.79 Å². The number of halogens is 1. The lowest BCUT2D eigenvalue weighted by Crippen LogP contribution is -2.49. The monoisotopic (exact) mass is 339 g/mol. The second kappa shape index (κ2) is 6.72. The summed E-state index contributed by atoms with van der Waals surface area (Å²) in [5.74, 6) is 0.417. The highest BCUT2D eigenvalue weighted by atomic mass is 79.9. The zero-order valence-electron chi connectivity index (χ0n) is 12.3. The Bertz CT molecular complexity index is 458. The lowest BCUT2D eigenvalue weighted by Gasteiger charge is -2.37. The van der Waals surface area contributed by atoms with Gasteiger partial charge in [0.2, 0.25) is 5.91 Å². The molecular weight excluding hydrogens is 318 g/mol. The average molecular weight is 340 g/mol. The van der Waals surface area contributed by atoms with Crippen LogP contribution >= 0.6 is 15.9 Å². The molecule has 2 unspecified atom stereocenters. The van der Waals surface area contributed by atoms with Crippen LogP contribution in [0.3, 0.4) is 0 Å². The molecule has 0 bridgehead atoms. The van der Waals surface area contributed by atoms with E-state index in [2.05, 4.69) is 36.7 Å². The molecule has 0 saturated carbocycles. The van der Waals surface area contributed by atoms with E-state index in [-0.39, 0.29) is 23.8 Å². The Morgan fingerprint density at radius 3 is 2.55 bits per heavy atom. The van der Waals surface area contributed by atoms with Crippen LogP contribution in [-0.2, 0) is 9.53 Å². The number of hydrogen-bond acceptors (Lipinski definition) is 2. The molecule has 0 aliphatic carbocycles. The van der Waals surface area contributed by atoms with Crippen molar-refractivity contribution in [1.29, 1.82) is 0 Å². The molecule has 1 amide bonds. The van der Waals surface area contributed by atoms with Crippen LogP contribution in [0.25, 0.3) is 0 Å². The lowest BCUT2D eigenvalue weighted by atomic mass is 9.87. The summed E-state index contributed by atoms with van der Waals surface area (Å²) in [6.45, 7) is 8.24. The fraction of sp³-hybridized carbons (Fsp3) is 0.562. The van der Waals surface area contributed by atoms with E-state index in [1.807, 2.05) is 29.2 Å². The molecule has 1 aromatic carbocycles. The summed E-state index contributed by atoms with van der Waals surface area (Å²) in [4.78, 5) is 14.9. The van der Waals surface area contributed by atoms with E-state index in [1.165, 1.54) is 0 Å². The van der Waals surface area contributed by atoms with Crippen LogP contribution in [-0.4, -0.2) is 36.6 Å². The molecular formula is C16H22BrNO2. The van der Waals surface area contributed by atoms with Crippen molar-refractivity contribution in [2.45, 2.75) is 32.7 Å². The number of morpholine rings is 1. The Kier molecular flexibility index (Phi) is 5.22. The first-order chi connectivity index (χ1) is 9.50. The molecule has 1 aromatic rings. The Morgan fingerprint density at radius 1 is 1.35 bits per heavy atom. The number of rotatable bonds is 3. The quantitative estimate of drug-likeness (QED) is 0.844. The topological polar surface area (TPSA) is 29.5 Å². The van der Waals surface area contributed by atoms with E-state index in [1.54, 1.807) is 0 Å². The van der Waals surface area contributed by atoms with Gasteiger partial charge in [0.15, 0.2) is 0 Å². The van der Waals surface area contributed by atoms with Crippen LogP contribution in [0.1, 0.15) is 32.3 Å². The van der Waals surface area contributed by atoms with Gasteiger partial charge in [-0.2, -0.15) is 0 Å². The van der Waals surface area contributed by atoms with Gasteiger partial charge < -0.3 is 9.64 Å². The first-order valence-electron chi connectivity index (χ1n) is 7.14. The largest absolute Gasteiger partial charge is 0.377 e. The fourth-order valence-electron chi connectivity index (χ4n) is 2.72. The summed E-state index contributed by atoms with van der Waals surface area (Å²) in [5, 5.41) is 0. The highest BCUT2D eigenvalue weighted by molar-refractivity contribution is 9.10. The normalized spacial score (nSPS) is 21.1. The summed E-state index contributed by atoms with van der Waals surface area (Å²) in [5.41, 5.74) is 1.09. The van der Waals surface area contributed by atoms with Crippen LogP contribution in [0.15, 0.2) is 28.7 Å². The third-order valence-corrected chi connectivity index (χ3v) is 4.34. The highest BCUT2D eigenvalue weighted by Crippen LogP contribution is 2.29. The minimum Gasteiger partial charge on any atom is -0.377 e. The van der Waals surface area contributed by atoms with Crippen molar-refractivity contribution in [3.8, 4) is 0 Å². The van der Waals surface area contributed by atoms with Gasteiger partial charge in [0, 0.05) is 11.0 Å². The maximum atomic E-state index is 12.9. The van der Waals surface area contributed by atoms with Crippen molar-refractivity contribution in [1.82, 2.24) is 4.90 Å². The van der Waals surface area contributed by atoms with Gasteiger partial charge in [0.1, 0.15) is 0 Å². The van der Waals surface area contributed by atoms with Crippen LogP contribution in [0, 0.1) is 5.92 Å². The molecule has 2 atom stereocenters. The zero-order chi connectivity index (χ0) is 14.7.